The third kappa shape index (κ3) is 5.19. The summed E-state index contributed by atoms with van der Waals surface area (Å²) in [4.78, 5) is 47.3. The number of ether oxygens (including phenoxy) is 2. The van der Waals surface area contributed by atoms with E-state index in [0.29, 0.717) is 16.0 Å². The Bertz CT molecular complexity index is 1110. The highest BCUT2D eigenvalue weighted by molar-refractivity contribution is 6.37. The number of nitrogens with one attached hydrogen (secondary N) is 1. The molecule has 1 fully saturated rings. The number of hydrogen-bond acceptors (Lipinski definition) is 6. The molecule has 1 aliphatic rings. The van der Waals surface area contributed by atoms with Crippen molar-refractivity contribution in [3.8, 4) is 5.75 Å². The van der Waals surface area contributed by atoms with Gasteiger partial charge in [-0.2, -0.15) is 0 Å². The van der Waals surface area contributed by atoms with E-state index < -0.39 is 30.4 Å². The predicted molar refractivity (Wildman–Crippen MR) is 114 cm³/mol. The number of methoxy groups -OCH3 is 1. The van der Waals surface area contributed by atoms with Crippen molar-refractivity contribution in [2.24, 2.45) is 0 Å². The largest absolute Gasteiger partial charge is 0.486 e. The highest BCUT2D eigenvalue weighted by Gasteiger charge is 2.35. The standard InChI is InChI=1S/C21H16Cl2N2O7/c1-31-17(26)9-25-19(27)16(24-21(25)30)8-12-6-14(22)18(15(23)7-12)32-10-11-2-4-13(5-3-11)20(28)29/h2-8H,9-10H2,1H3,(H,24,30)(H,28,29). The number of hydrogen-bond donors (Lipinski definition) is 2. The summed E-state index contributed by atoms with van der Waals surface area (Å²) < 4.78 is 10.1. The monoisotopic (exact) mass is 478 g/mol. The van der Waals surface area contributed by atoms with Crippen LogP contribution in [0.5, 0.6) is 5.75 Å². The summed E-state index contributed by atoms with van der Waals surface area (Å²) in [6.07, 6.45) is 1.36. The molecule has 0 unspecified atom stereocenters. The Balaban J connectivity index is 1.74. The molecule has 0 atom stereocenters. The second-order valence-corrected chi connectivity index (χ2v) is 7.37. The molecule has 166 valence electrons. The van der Waals surface area contributed by atoms with Crippen LogP contribution in [-0.4, -0.2) is 47.5 Å². The van der Waals surface area contributed by atoms with Gasteiger partial charge in [-0.25, -0.2) is 14.5 Å². The molecule has 32 heavy (non-hydrogen) atoms. The number of carboxylic acid groups (broad SMARTS) is 1. The molecule has 9 nitrogen and oxygen atoms in total. The predicted octanol–water partition coefficient (Wildman–Crippen LogP) is 3.34. The minimum absolute atomic E-state index is 0.0572. The first kappa shape index (κ1) is 23.1. The van der Waals surface area contributed by atoms with Crippen molar-refractivity contribution >= 4 is 53.2 Å². The van der Waals surface area contributed by atoms with Gasteiger partial charge >= 0.3 is 18.0 Å². The number of carboxylic acids is 1. The van der Waals surface area contributed by atoms with Crippen LogP contribution in [0.25, 0.3) is 6.08 Å². The molecule has 3 amide bonds. The van der Waals surface area contributed by atoms with Gasteiger partial charge in [0.2, 0.25) is 0 Å². The number of carbonyl (C=O) groups excluding carboxylic acids is 3. The average molecular weight is 479 g/mol. The molecular weight excluding hydrogens is 463 g/mol. The molecule has 3 rings (SSSR count). The van der Waals surface area contributed by atoms with Crippen LogP contribution in [-0.2, 0) is 20.9 Å². The van der Waals surface area contributed by atoms with Crippen molar-refractivity contribution in [1.82, 2.24) is 10.2 Å². The first-order valence-corrected chi connectivity index (χ1v) is 9.80. The van der Waals surface area contributed by atoms with Crippen LogP contribution in [0.2, 0.25) is 10.0 Å². The van der Waals surface area contributed by atoms with Crippen LogP contribution in [0.1, 0.15) is 21.5 Å². The Labute approximate surface area is 192 Å². The molecule has 1 aliphatic heterocycles. The fourth-order valence-corrected chi connectivity index (χ4v) is 3.39. The van der Waals surface area contributed by atoms with Crippen LogP contribution >= 0.6 is 23.2 Å². The van der Waals surface area contributed by atoms with Crippen molar-refractivity contribution < 1.29 is 33.8 Å². The highest BCUT2D eigenvalue weighted by atomic mass is 35.5. The second kappa shape index (κ2) is 9.71. The van der Waals surface area contributed by atoms with Crippen LogP contribution in [0, 0.1) is 0 Å². The summed E-state index contributed by atoms with van der Waals surface area (Å²) >= 11 is 12.5. The Morgan fingerprint density at radius 3 is 2.31 bits per heavy atom. The number of nitrogens with zero attached hydrogens (tertiary/aromatic N) is 1. The van der Waals surface area contributed by atoms with E-state index >= 15 is 0 Å². The minimum Gasteiger partial charge on any atom is -0.486 e. The minimum atomic E-state index is -1.03. The Morgan fingerprint density at radius 2 is 1.75 bits per heavy atom. The van der Waals surface area contributed by atoms with E-state index in [2.05, 4.69) is 10.1 Å². The molecule has 0 radical (unpaired) electrons. The van der Waals surface area contributed by atoms with Crippen molar-refractivity contribution in [2.45, 2.75) is 6.61 Å². The van der Waals surface area contributed by atoms with Gasteiger partial charge in [0.1, 0.15) is 18.8 Å². The van der Waals surface area contributed by atoms with E-state index in [1.165, 1.54) is 30.3 Å². The van der Waals surface area contributed by atoms with Gasteiger partial charge in [-0.15, -0.1) is 0 Å². The Hall–Kier alpha value is -3.56. The molecule has 11 heteroatoms. The summed E-state index contributed by atoms with van der Waals surface area (Å²) in [5.41, 5.74) is 1.22. The third-order valence-electron chi connectivity index (χ3n) is 4.39. The van der Waals surface area contributed by atoms with E-state index in [1.807, 2.05) is 0 Å². The molecule has 0 aliphatic carbocycles. The van der Waals surface area contributed by atoms with E-state index in [4.69, 9.17) is 33.0 Å². The lowest BCUT2D eigenvalue weighted by Gasteiger charge is -2.11. The zero-order valence-corrected chi connectivity index (χ0v) is 18.1. The van der Waals surface area contributed by atoms with E-state index in [1.54, 1.807) is 12.1 Å². The number of esters is 1. The van der Waals surface area contributed by atoms with E-state index in [0.717, 1.165) is 7.11 Å². The number of urea groups is 1. The lowest BCUT2D eigenvalue weighted by atomic mass is 10.1. The maximum absolute atomic E-state index is 12.4. The number of imide groups is 1. The average Bonchev–Trinajstić information content (AvgIpc) is 3.00. The molecule has 0 bridgehead atoms. The van der Waals surface area contributed by atoms with Crippen molar-refractivity contribution in [2.75, 3.05) is 13.7 Å². The fraction of sp³-hybridized carbons (Fsp3) is 0.143. The third-order valence-corrected chi connectivity index (χ3v) is 4.95. The Morgan fingerprint density at radius 1 is 1.12 bits per heavy atom. The summed E-state index contributed by atoms with van der Waals surface area (Å²) in [5, 5.41) is 11.6. The normalized spacial score (nSPS) is 14.5. The van der Waals surface area contributed by atoms with Gasteiger partial charge in [-0.05, 0) is 41.5 Å². The van der Waals surface area contributed by atoms with Gasteiger partial charge in [0.05, 0.1) is 22.7 Å². The number of benzene rings is 2. The van der Waals surface area contributed by atoms with Gasteiger partial charge in [0, 0.05) is 0 Å². The van der Waals surface area contributed by atoms with Gasteiger partial charge in [0.15, 0.2) is 5.75 Å². The van der Waals surface area contributed by atoms with Crippen LogP contribution in [0.4, 0.5) is 4.79 Å². The SMILES string of the molecule is COC(=O)CN1C(=O)NC(=Cc2cc(Cl)c(OCc3ccc(C(=O)O)cc3)c(Cl)c2)C1=O. The lowest BCUT2D eigenvalue weighted by molar-refractivity contribution is -0.143. The first-order chi connectivity index (χ1) is 15.2. The van der Waals surface area contributed by atoms with E-state index in [9.17, 15) is 19.2 Å². The molecule has 2 aromatic carbocycles. The van der Waals surface area contributed by atoms with Gasteiger partial charge in [0.25, 0.3) is 5.91 Å². The van der Waals surface area contributed by atoms with Crippen molar-refractivity contribution in [3.63, 3.8) is 0 Å². The fourth-order valence-electron chi connectivity index (χ4n) is 2.78. The van der Waals surface area contributed by atoms with Crippen molar-refractivity contribution in [3.05, 3.63) is 68.8 Å². The Kier molecular flexibility index (Phi) is 7.01. The van der Waals surface area contributed by atoms with Gasteiger partial charge < -0.3 is 19.9 Å². The number of rotatable bonds is 7. The molecule has 1 saturated heterocycles. The topological polar surface area (TPSA) is 122 Å². The highest BCUT2D eigenvalue weighted by Crippen LogP contribution is 2.35. The number of amides is 3. The second-order valence-electron chi connectivity index (χ2n) is 6.56. The first-order valence-electron chi connectivity index (χ1n) is 9.05. The molecule has 0 spiro atoms. The summed E-state index contributed by atoms with van der Waals surface area (Å²) in [5.74, 6) is -2.26. The lowest BCUT2D eigenvalue weighted by Crippen LogP contribution is -2.36. The smallest absolute Gasteiger partial charge is 0.335 e. The zero-order valence-electron chi connectivity index (χ0n) is 16.6. The molecule has 2 aromatic rings. The van der Waals surface area contributed by atoms with Crippen LogP contribution in [0.15, 0.2) is 42.1 Å². The maximum Gasteiger partial charge on any atom is 0.335 e. The molecule has 2 N–H and O–H groups in total. The summed E-state index contributed by atoms with van der Waals surface area (Å²) in [7, 11) is 1.15. The molecular formula is C21H16Cl2N2O7. The summed E-state index contributed by atoms with van der Waals surface area (Å²) in [6, 6.07) is 8.36. The number of aromatic carboxylic acids is 1. The van der Waals surface area contributed by atoms with Crippen LogP contribution < -0.4 is 10.1 Å². The van der Waals surface area contributed by atoms with Gasteiger partial charge in [-0.3, -0.25) is 9.59 Å². The van der Waals surface area contributed by atoms with E-state index in [-0.39, 0.29) is 33.7 Å². The van der Waals surface area contributed by atoms with Crippen molar-refractivity contribution in [1.29, 1.82) is 0 Å². The molecule has 0 aromatic heterocycles. The number of carbonyl (C=O) groups is 4. The zero-order chi connectivity index (χ0) is 23.4. The quantitative estimate of drug-likeness (QED) is 0.355. The molecule has 1 heterocycles. The molecule has 0 saturated carbocycles. The number of halogens is 2. The maximum atomic E-state index is 12.4. The summed E-state index contributed by atoms with van der Waals surface area (Å²) in [6.45, 7) is -0.420. The van der Waals surface area contributed by atoms with Gasteiger partial charge in [-0.1, -0.05) is 35.3 Å². The van der Waals surface area contributed by atoms with Crippen LogP contribution in [0.3, 0.4) is 0 Å².